The van der Waals surface area contributed by atoms with Gasteiger partial charge in [-0.05, 0) is 24.5 Å². The van der Waals surface area contributed by atoms with Crippen LogP contribution in [0.5, 0.6) is 5.75 Å². The van der Waals surface area contributed by atoms with Gasteiger partial charge in [-0.3, -0.25) is 0 Å². The quantitative estimate of drug-likeness (QED) is 0.787. The zero-order valence-electron chi connectivity index (χ0n) is 9.86. The van der Waals surface area contributed by atoms with E-state index in [0.717, 1.165) is 17.7 Å². The van der Waals surface area contributed by atoms with E-state index in [0.29, 0.717) is 12.5 Å². The van der Waals surface area contributed by atoms with Crippen molar-refractivity contribution >= 4 is 0 Å². The SMILES string of the molecule is CC(C)CCOc1ccccc1C#CCO. The molecule has 86 valence electrons. The van der Waals surface area contributed by atoms with Crippen molar-refractivity contribution < 1.29 is 9.84 Å². The average Bonchev–Trinajstić information content (AvgIpc) is 2.27. The number of hydrogen-bond donors (Lipinski definition) is 1. The smallest absolute Gasteiger partial charge is 0.134 e. The molecule has 0 aliphatic carbocycles. The van der Waals surface area contributed by atoms with Crippen molar-refractivity contribution in [2.45, 2.75) is 20.3 Å². The van der Waals surface area contributed by atoms with Crippen LogP contribution in [0.3, 0.4) is 0 Å². The van der Waals surface area contributed by atoms with E-state index in [4.69, 9.17) is 9.84 Å². The molecule has 0 amide bonds. The Morgan fingerprint density at radius 1 is 1.31 bits per heavy atom. The van der Waals surface area contributed by atoms with Crippen LogP contribution >= 0.6 is 0 Å². The summed E-state index contributed by atoms with van der Waals surface area (Å²) in [7, 11) is 0. The van der Waals surface area contributed by atoms with Gasteiger partial charge in [-0.1, -0.05) is 37.8 Å². The standard InChI is InChI=1S/C14H18O2/c1-12(2)9-11-16-14-8-4-3-6-13(14)7-5-10-15/h3-4,6,8,12,15H,9-11H2,1-2H3. The normalized spacial score (nSPS) is 9.75. The predicted molar refractivity (Wildman–Crippen MR) is 65.4 cm³/mol. The topological polar surface area (TPSA) is 29.5 Å². The molecule has 2 nitrogen and oxygen atoms in total. The van der Waals surface area contributed by atoms with Crippen molar-refractivity contribution in [2.75, 3.05) is 13.2 Å². The third-order valence-corrected chi connectivity index (χ3v) is 2.14. The lowest BCUT2D eigenvalue weighted by atomic mass is 10.1. The van der Waals surface area contributed by atoms with Gasteiger partial charge in [0.25, 0.3) is 0 Å². The van der Waals surface area contributed by atoms with Crippen LogP contribution in [0.2, 0.25) is 0 Å². The van der Waals surface area contributed by atoms with Gasteiger partial charge in [-0.15, -0.1) is 0 Å². The number of rotatable bonds is 4. The van der Waals surface area contributed by atoms with Crippen LogP contribution in [0.1, 0.15) is 25.8 Å². The van der Waals surface area contributed by atoms with Gasteiger partial charge in [0.15, 0.2) is 0 Å². The van der Waals surface area contributed by atoms with E-state index in [1.165, 1.54) is 0 Å². The van der Waals surface area contributed by atoms with Crippen LogP contribution < -0.4 is 4.74 Å². The number of ether oxygens (including phenoxy) is 1. The first-order chi connectivity index (χ1) is 7.74. The predicted octanol–water partition coefficient (Wildman–Crippen LogP) is 2.46. The molecule has 0 bridgehead atoms. The molecule has 0 atom stereocenters. The highest BCUT2D eigenvalue weighted by atomic mass is 16.5. The Bertz CT molecular complexity index is 372. The number of aliphatic hydroxyl groups excluding tert-OH is 1. The van der Waals surface area contributed by atoms with E-state index >= 15 is 0 Å². The maximum atomic E-state index is 8.65. The van der Waals surface area contributed by atoms with Gasteiger partial charge >= 0.3 is 0 Å². The molecule has 0 spiro atoms. The Labute approximate surface area is 97.3 Å². The second-order valence-electron chi connectivity index (χ2n) is 3.99. The van der Waals surface area contributed by atoms with E-state index in [1.54, 1.807) is 0 Å². The fourth-order valence-electron chi connectivity index (χ4n) is 1.24. The maximum absolute atomic E-state index is 8.65. The van der Waals surface area contributed by atoms with Crippen molar-refractivity contribution in [3.05, 3.63) is 29.8 Å². The van der Waals surface area contributed by atoms with Crippen LogP contribution in [-0.4, -0.2) is 18.3 Å². The lowest BCUT2D eigenvalue weighted by molar-refractivity contribution is 0.289. The molecule has 0 saturated carbocycles. The molecule has 1 N–H and O–H groups in total. The molecule has 2 heteroatoms. The van der Waals surface area contributed by atoms with Crippen molar-refractivity contribution in [1.29, 1.82) is 0 Å². The van der Waals surface area contributed by atoms with E-state index < -0.39 is 0 Å². The van der Waals surface area contributed by atoms with Crippen LogP contribution in [0.15, 0.2) is 24.3 Å². The van der Waals surface area contributed by atoms with E-state index in [-0.39, 0.29) is 6.61 Å². The molecule has 0 heterocycles. The second-order valence-corrected chi connectivity index (χ2v) is 3.99. The monoisotopic (exact) mass is 218 g/mol. The summed E-state index contributed by atoms with van der Waals surface area (Å²) < 4.78 is 5.66. The van der Waals surface area contributed by atoms with Crippen LogP contribution in [-0.2, 0) is 0 Å². The van der Waals surface area contributed by atoms with E-state index in [9.17, 15) is 0 Å². The van der Waals surface area contributed by atoms with Crippen LogP contribution in [0, 0.1) is 17.8 Å². The zero-order valence-corrected chi connectivity index (χ0v) is 9.86. The first-order valence-corrected chi connectivity index (χ1v) is 5.55. The minimum atomic E-state index is -0.125. The molecule has 0 aromatic heterocycles. The molecule has 1 rings (SSSR count). The Morgan fingerprint density at radius 2 is 2.06 bits per heavy atom. The minimum absolute atomic E-state index is 0.125. The maximum Gasteiger partial charge on any atom is 0.134 e. The highest BCUT2D eigenvalue weighted by molar-refractivity contribution is 5.45. The third kappa shape index (κ3) is 4.37. The first kappa shape index (κ1) is 12.6. The van der Waals surface area contributed by atoms with Gasteiger partial charge < -0.3 is 9.84 Å². The third-order valence-electron chi connectivity index (χ3n) is 2.14. The molecule has 0 aliphatic rings. The summed E-state index contributed by atoms with van der Waals surface area (Å²) in [6.45, 7) is 4.91. The number of para-hydroxylation sites is 1. The average molecular weight is 218 g/mol. The Kier molecular flexibility index (Phi) is 5.45. The Balaban J connectivity index is 2.64. The molecule has 0 unspecified atom stereocenters. The lowest BCUT2D eigenvalue weighted by Crippen LogP contribution is -2.02. The highest BCUT2D eigenvalue weighted by Gasteiger charge is 2.00. The minimum Gasteiger partial charge on any atom is -0.492 e. The summed E-state index contributed by atoms with van der Waals surface area (Å²) in [5, 5.41) is 8.65. The van der Waals surface area contributed by atoms with Gasteiger partial charge in [0.2, 0.25) is 0 Å². The zero-order chi connectivity index (χ0) is 11.8. The summed E-state index contributed by atoms with van der Waals surface area (Å²) in [6.07, 6.45) is 1.03. The van der Waals surface area contributed by atoms with Gasteiger partial charge in [-0.25, -0.2) is 0 Å². The van der Waals surface area contributed by atoms with Crippen LogP contribution in [0.25, 0.3) is 0 Å². The van der Waals surface area contributed by atoms with Crippen molar-refractivity contribution in [2.24, 2.45) is 5.92 Å². The van der Waals surface area contributed by atoms with Crippen molar-refractivity contribution in [3.8, 4) is 17.6 Å². The summed E-state index contributed by atoms with van der Waals surface area (Å²) >= 11 is 0. The first-order valence-electron chi connectivity index (χ1n) is 5.55. The summed E-state index contributed by atoms with van der Waals surface area (Å²) in [6, 6.07) is 7.64. The van der Waals surface area contributed by atoms with E-state index in [2.05, 4.69) is 25.7 Å². The summed E-state index contributed by atoms with van der Waals surface area (Å²) in [5.41, 5.74) is 0.834. The molecule has 0 saturated heterocycles. The number of hydrogen-bond acceptors (Lipinski definition) is 2. The molecular formula is C14H18O2. The van der Waals surface area contributed by atoms with Crippen LogP contribution in [0.4, 0.5) is 0 Å². The number of aliphatic hydroxyl groups is 1. The van der Waals surface area contributed by atoms with Gasteiger partial charge in [0.1, 0.15) is 12.4 Å². The number of benzene rings is 1. The molecule has 0 fully saturated rings. The molecule has 1 aromatic carbocycles. The van der Waals surface area contributed by atoms with Crippen molar-refractivity contribution in [1.82, 2.24) is 0 Å². The van der Waals surface area contributed by atoms with E-state index in [1.807, 2.05) is 24.3 Å². The molecule has 16 heavy (non-hydrogen) atoms. The van der Waals surface area contributed by atoms with Crippen molar-refractivity contribution in [3.63, 3.8) is 0 Å². The lowest BCUT2D eigenvalue weighted by Gasteiger charge is -2.09. The van der Waals surface area contributed by atoms with Gasteiger partial charge in [0.05, 0.1) is 12.2 Å². The molecule has 1 aromatic rings. The fraction of sp³-hybridized carbons (Fsp3) is 0.429. The van der Waals surface area contributed by atoms with Gasteiger partial charge in [0, 0.05) is 0 Å². The fourth-order valence-corrected chi connectivity index (χ4v) is 1.24. The second kappa shape index (κ2) is 6.92. The molecule has 0 aliphatic heterocycles. The molecule has 0 radical (unpaired) electrons. The summed E-state index contributed by atoms with van der Waals surface area (Å²) in [5.74, 6) is 6.94. The Hall–Kier alpha value is -1.46. The Morgan fingerprint density at radius 3 is 2.75 bits per heavy atom. The largest absolute Gasteiger partial charge is 0.492 e. The molecular weight excluding hydrogens is 200 g/mol. The summed E-state index contributed by atoms with van der Waals surface area (Å²) in [4.78, 5) is 0. The highest BCUT2D eigenvalue weighted by Crippen LogP contribution is 2.17. The van der Waals surface area contributed by atoms with Gasteiger partial charge in [-0.2, -0.15) is 0 Å².